The van der Waals surface area contributed by atoms with Crippen LogP contribution in [0.15, 0.2) is 36.0 Å². The highest BCUT2D eigenvalue weighted by Gasteiger charge is 2.42. The molecular weight excluding hydrogens is 633 g/mol. The zero-order valence-electron chi connectivity index (χ0n) is 26.3. The Bertz CT molecular complexity index is 1320. The molecule has 3 atom stereocenters. The molecule has 0 saturated carbocycles. The van der Waals surface area contributed by atoms with Gasteiger partial charge in [0, 0.05) is 47.9 Å². The molecule has 1 aromatic heterocycles. The third kappa shape index (κ3) is 7.77. The molecule has 2 rings (SSSR count). The number of anilines is 1. The van der Waals surface area contributed by atoms with Crippen LogP contribution in [0.25, 0.3) is 10.9 Å². The Kier molecular flexibility index (Phi) is 11.3. The fourth-order valence-electron chi connectivity index (χ4n) is 5.32. The number of rotatable bonds is 12. The van der Waals surface area contributed by atoms with E-state index >= 15 is 0 Å². The van der Waals surface area contributed by atoms with Crippen LogP contribution in [-0.4, -0.2) is 69.1 Å². The molecule has 0 aliphatic rings. The quantitative estimate of drug-likeness (QED) is 0.145. The smallest absolute Gasteiger partial charge is 0.331 e. The van der Waals surface area contributed by atoms with E-state index in [0.717, 1.165) is 22.2 Å². The van der Waals surface area contributed by atoms with Gasteiger partial charge in [-0.3, -0.25) is 9.59 Å². The summed E-state index contributed by atoms with van der Waals surface area (Å²) in [5, 5.41) is 16.8. The summed E-state index contributed by atoms with van der Waals surface area (Å²) in [4.78, 5) is 41.0. The molecule has 0 saturated heterocycles. The van der Waals surface area contributed by atoms with Gasteiger partial charge in [0.25, 0.3) is 0 Å². The maximum absolute atomic E-state index is 14.0. The number of hydrogen-bond acceptors (Lipinski definition) is 5. The van der Waals surface area contributed by atoms with Gasteiger partial charge in [-0.1, -0.05) is 54.5 Å². The minimum absolute atomic E-state index is 0.0325. The van der Waals surface area contributed by atoms with Crippen molar-refractivity contribution in [2.24, 2.45) is 18.4 Å². The highest BCUT2D eigenvalue weighted by molar-refractivity contribution is 14.2. The summed E-state index contributed by atoms with van der Waals surface area (Å²) < 4.78 is 9.42. The third-order valence-corrected chi connectivity index (χ3v) is 8.77. The number of nitrogens with zero attached hydrogens (tertiary/aromatic N) is 2. The molecule has 2 amide bonds. The first-order chi connectivity index (χ1) is 18.9. The second-order valence-electron chi connectivity index (χ2n) is 12.7. The van der Waals surface area contributed by atoms with Gasteiger partial charge < -0.3 is 28.7 Å². The van der Waals surface area contributed by atoms with Crippen molar-refractivity contribution < 1.29 is 19.5 Å². The molecule has 1 aromatic carbocycles. The lowest BCUT2D eigenvalue weighted by atomic mass is 9.76. The molecule has 0 aliphatic heterocycles. The van der Waals surface area contributed by atoms with Crippen molar-refractivity contribution in [1.82, 2.24) is 20.1 Å². The number of carbonyl (C=O) groups is 3. The number of likely N-dealkylation sites (N-methyl/N-ethyl adjacent to an activating group) is 2. The van der Waals surface area contributed by atoms with E-state index < -0.39 is 34.9 Å². The Morgan fingerprint density at radius 2 is 1.73 bits per heavy atom. The summed E-state index contributed by atoms with van der Waals surface area (Å²) in [5.41, 5.74) is 2.00. The van der Waals surface area contributed by atoms with Crippen LogP contribution in [0.1, 0.15) is 61.0 Å². The first kappa shape index (κ1) is 34.5. The molecule has 0 aliphatic carbocycles. The Balaban J connectivity index is 2.48. The standard InChI is InChI=1S/C31H48IN5O4/c1-18(2)24(15-19(3)29(40)41)37(12)28(39)26(30(4,5)6)34-27(38)25(33-10)31(7,8)22-17-36(11)23-14-13-20(35-32-9)16-21(22)23/h13-18,24-26,33,35H,9H2,1-8,10-12H3,(H,34,38)(H,40,41)/b19-15+/t24-,25?,26-/m1/s1. The molecule has 0 radical (unpaired) electrons. The number of fused-ring (bicyclic) bond motifs is 1. The van der Waals surface area contributed by atoms with Gasteiger partial charge in [-0.25, -0.2) is 4.79 Å². The average molecular weight is 682 g/mol. The SMILES string of the molecule is C=INc1ccc2c(c1)c(C(C)(C)C(NC)C(=O)N[C@H](C(=O)N(C)[C@H](/C=C(\C)C(=O)O)C(C)C)C(C)(C)C)cn2C. The first-order valence-corrected chi connectivity index (χ1v) is 16.4. The van der Waals surface area contributed by atoms with E-state index in [2.05, 4.69) is 41.6 Å². The molecule has 9 nitrogen and oxygen atoms in total. The van der Waals surface area contributed by atoms with Gasteiger partial charge >= 0.3 is 5.97 Å². The van der Waals surface area contributed by atoms with E-state index in [-0.39, 0.29) is 44.3 Å². The number of halogens is 1. The van der Waals surface area contributed by atoms with E-state index in [4.69, 9.17) is 0 Å². The van der Waals surface area contributed by atoms with Gasteiger partial charge in [0.15, 0.2) is 0 Å². The summed E-state index contributed by atoms with van der Waals surface area (Å²) in [6.07, 6.45) is 3.67. The lowest BCUT2D eigenvalue weighted by Crippen LogP contribution is -2.61. The normalized spacial score (nSPS) is 15.0. The molecule has 10 heteroatoms. The summed E-state index contributed by atoms with van der Waals surface area (Å²) in [6, 6.07) is 4.28. The van der Waals surface area contributed by atoms with Gasteiger partial charge in [-0.15, -0.1) is 0 Å². The van der Waals surface area contributed by atoms with Crippen LogP contribution >= 0.6 is 21.0 Å². The minimum atomic E-state index is -1.03. The van der Waals surface area contributed by atoms with E-state index in [1.54, 1.807) is 25.1 Å². The van der Waals surface area contributed by atoms with Crippen molar-refractivity contribution in [2.75, 3.05) is 17.6 Å². The average Bonchev–Trinajstić information content (AvgIpc) is 3.20. The molecule has 1 heterocycles. The highest BCUT2D eigenvalue weighted by Crippen LogP contribution is 2.36. The topological polar surface area (TPSA) is 116 Å². The molecule has 228 valence electrons. The fraction of sp³-hybridized carbons (Fsp3) is 0.548. The maximum atomic E-state index is 14.0. The summed E-state index contributed by atoms with van der Waals surface area (Å²) in [5.74, 6) is -1.62. The second kappa shape index (κ2) is 13.5. The second-order valence-corrected chi connectivity index (χ2v) is 14.0. The summed E-state index contributed by atoms with van der Waals surface area (Å²) in [6.45, 7) is 15.2. The zero-order valence-corrected chi connectivity index (χ0v) is 28.5. The lowest BCUT2D eigenvalue weighted by molar-refractivity contribution is -0.141. The number of hydrogen-bond donors (Lipinski definition) is 4. The van der Waals surface area contributed by atoms with Crippen molar-refractivity contribution in [3.05, 3.63) is 41.6 Å². The highest BCUT2D eigenvalue weighted by atomic mass is 127. The van der Waals surface area contributed by atoms with Crippen LogP contribution in [0.4, 0.5) is 5.69 Å². The maximum Gasteiger partial charge on any atom is 0.331 e. The number of aromatic nitrogens is 1. The number of amides is 2. The Morgan fingerprint density at radius 3 is 2.22 bits per heavy atom. The fourth-order valence-corrected chi connectivity index (χ4v) is 6.10. The Labute approximate surface area is 255 Å². The van der Waals surface area contributed by atoms with Gasteiger partial charge in [-0.2, -0.15) is 0 Å². The van der Waals surface area contributed by atoms with Crippen molar-refractivity contribution in [3.8, 4) is 0 Å². The van der Waals surface area contributed by atoms with Gasteiger partial charge in [-0.05, 0) is 74.6 Å². The largest absolute Gasteiger partial charge is 0.478 e. The van der Waals surface area contributed by atoms with E-state index in [1.807, 2.05) is 61.6 Å². The van der Waals surface area contributed by atoms with Gasteiger partial charge in [0.05, 0.1) is 12.1 Å². The predicted molar refractivity (Wildman–Crippen MR) is 178 cm³/mol. The van der Waals surface area contributed by atoms with Crippen LogP contribution in [0.2, 0.25) is 0 Å². The van der Waals surface area contributed by atoms with Crippen LogP contribution in [0.3, 0.4) is 0 Å². The third-order valence-electron chi connectivity index (χ3n) is 7.77. The van der Waals surface area contributed by atoms with Crippen LogP contribution in [-0.2, 0) is 26.8 Å². The molecule has 0 spiro atoms. The first-order valence-electron chi connectivity index (χ1n) is 13.8. The number of carboxylic acids is 1. The molecule has 1 unspecified atom stereocenters. The molecule has 4 N–H and O–H groups in total. The molecule has 0 bridgehead atoms. The van der Waals surface area contributed by atoms with Crippen LogP contribution < -0.4 is 14.2 Å². The van der Waals surface area contributed by atoms with Gasteiger partial charge in [0.1, 0.15) is 6.04 Å². The lowest BCUT2D eigenvalue weighted by Gasteiger charge is -2.39. The van der Waals surface area contributed by atoms with Crippen molar-refractivity contribution in [1.29, 1.82) is 0 Å². The number of benzene rings is 1. The van der Waals surface area contributed by atoms with Gasteiger partial charge in [0.2, 0.25) is 11.8 Å². The number of carbonyl (C=O) groups excluding carboxylic acids is 2. The van der Waals surface area contributed by atoms with E-state index in [9.17, 15) is 19.5 Å². The molecule has 41 heavy (non-hydrogen) atoms. The van der Waals surface area contributed by atoms with Crippen LogP contribution in [0.5, 0.6) is 0 Å². The Hall–Kier alpha value is -2.73. The number of nitrogens with one attached hydrogen (secondary N) is 3. The number of aryl methyl sites for hydroxylation is 1. The molecular formula is C31H48IN5O4. The van der Waals surface area contributed by atoms with Crippen LogP contribution in [0, 0.1) is 11.3 Å². The van der Waals surface area contributed by atoms with Crippen molar-refractivity contribution >= 4 is 59.9 Å². The summed E-state index contributed by atoms with van der Waals surface area (Å²) in [7, 11) is 5.41. The molecule has 2 aromatic rings. The minimum Gasteiger partial charge on any atom is -0.478 e. The van der Waals surface area contributed by atoms with E-state index in [0.29, 0.717) is 0 Å². The zero-order chi connectivity index (χ0) is 31.4. The molecule has 0 fully saturated rings. The van der Waals surface area contributed by atoms with Crippen molar-refractivity contribution in [3.63, 3.8) is 0 Å². The number of aliphatic carboxylic acids is 1. The Morgan fingerprint density at radius 1 is 1.12 bits per heavy atom. The number of carboxylic acid groups (broad SMARTS) is 1. The monoisotopic (exact) mass is 681 g/mol. The van der Waals surface area contributed by atoms with Crippen molar-refractivity contribution in [2.45, 2.75) is 78.9 Å². The van der Waals surface area contributed by atoms with E-state index in [1.165, 1.54) is 6.92 Å². The summed E-state index contributed by atoms with van der Waals surface area (Å²) >= 11 is -0.390. The predicted octanol–water partition coefficient (Wildman–Crippen LogP) is 4.82.